The Bertz CT molecular complexity index is 308. The van der Waals surface area contributed by atoms with Crippen molar-refractivity contribution in [1.29, 1.82) is 0 Å². The summed E-state index contributed by atoms with van der Waals surface area (Å²) < 4.78 is 7.78. The molecule has 0 amide bonds. The molecule has 116 valence electrons. The Morgan fingerprint density at radius 3 is 2.40 bits per heavy atom. The average Bonchev–Trinajstić information content (AvgIpc) is 2.44. The van der Waals surface area contributed by atoms with E-state index in [0.29, 0.717) is 6.42 Å². The molecule has 0 heterocycles. The molecule has 0 aromatic rings. The summed E-state index contributed by atoms with van der Waals surface area (Å²) >= 11 is 0. The molecule has 0 bridgehead atoms. The van der Waals surface area contributed by atoms with Gasteiger partial charge >= 0.3 is 5.97 Å². The van der Waals surface area contributed by atoms with Crippen LogP contribution in [0.1, 0.15) is 85.3 Å². The minimum atomic E-state index is -0.686. The van der Waals surface area contributed by atoms with Crippen LogP contribution in [0.25, 0.3) is 0 Å². The number of hydrogen-bond acceptors (Lipinski definition) is 1. The summed E-state index contributed by atoms with van der Waals surface area (Å²) in [6.07, 6.45) is 18.5. The topological polar surface area (TPSA) is 37.3 Å². The third kappa shape index (κ3) is 16.9. The molecule has 20 heavy (non-hydrogen) atoms. The largest absolute Gasteiger partial charge is 0.481 e. The molecule has 0 rings (SSSR count). The molecule has 0 aliphatic rings. The Morgan fingerprint density at radius 1 is 0.950 bits per heavy atom. The maximum Gasteiger partial charge on any atom is 0.303 e. The molecule has 0 aliphatic carbocycles. The van der Waals surface area contributed by atoms with Gasteiger partial charge in [-0.05, 0) is 38.5 Å². The van der Waals surface area contributed by atoms with Gasteiger partial charge in [-0.1, -0.05) is 63.3 Å². The van der Waals surface area contributed by atoms with E-state index < -0.39 is 5.97 Å². The van der Waals surface area contributed by atoms with Crippen molar-refractivity contribution in [2.45, 2.75) is 84.0 Å². The molecule has 0 atom stereocenters. The van der Waals surface area contributed by atoms with Crippen LogP contribution in [-0.2, 0) is 4.79 Å². The molecule has 0 saturated carbocycles. The predicted octanol–water partition coefficient (Wildman–Crippen LogP) is 5.88. The van der Waals surface area contributed by atoms with Crippen LogP contribution in [0.5, 0.6) is 0 Å². The number of aliphatic carboxylic acids is 1. The summed E-state index contributed by atoms with van der Waals surface area (Å²) in [6, 6.07) is 0.770. The average molecular weight is 281 g/mol. The summed E-state index contributed by atoms with van der Waals surface area (Å²) in [4.78, 5) is 10.3. The number of rotatable bonds is 14. The van der Waals surface area contributed by atoms with Crippen molar-refractivity contribution < 1.29 is 11.3 Å². The van der Waals surface area contributed by atoms with E-state index in [1.807, 2.05) is 6.08 Å². The predicted molar refractivity (Wildman–Crippen MR) is 87.0 cm³/mol. The second-order valence-corrected chi connectivity index (χ2v) is 5.27. The van der Waals surface area contributed by atoms with Crippen molar-refractivity contribution in [2.24, 2.45) is 0 Å². The van der Waals surface area contributed by atoms with Gasteiger partial charge in [0.05, 0.1) is 1.37 Å². The first-order chi connectivity index (χ1) is 10.2. The minimum absolute atomic E-state index is 0.306. The molecule has 0 saturated heterocycles. The van der Waals surface area contributed by atoms with Crippen molar-refractivity contribution in [3.63, 3.8) is 0 Å². The molecular formula is C18H32O2. The van der Waals surface area contributed by atoms with Crippen molar-refractivity contribution >= 4 is 5.97 Å². The number of allylic oxidation sites excluding steroid dienone is 4. The van der Waals surface area contributed by atoms with Gasteiger partial charge in [-0.2, -0.15) is 0 Å². The van der Waals surface area contributed by atoms with Crippen molar-refractivity contribution in [3.8, 4) is 0 Å². The fraction of sp³-hybridized carbons (Fsp3) is 0.722. The zero-order chi connectivity index (χ0) is 15.8. The lowest BCUT2D eigenvalue weighted by molar-refractivity contribution is -0.137. The second kappa shape index (κ2) is 16.0. The van der Waals surface area contributed by atoms with E-state index in [1.54, 1.807) is 0 Å². The van der Waals surface area contributed by atoms with Crippen LogP contribution in [-0.4, -0.2) is 11.1 Å². The SMILES string of the molecule is [2H]/C(=C/C/C=C\CCCCCCCC(=O)O)CCCCC. The zero-order valence-electron chi connectivity index (χ0n) is 14.1. The first-order valence-corrected chi connectivity index (χ1v) is 8.19. The van der Waals surface area contributed by atoms with E-state index >= 15 is 0 Å². The lowest BCUT2D eigenvalue weighted by Gasteiger charge is -1.98. The number of carboxylic acid groups (broad SMARTS) is 1. The van der Waals surface area contributed by atoms with Gasteiger partial charge in [0.15, 0.2) is 0 Å². The maximum absolute atomic E-state index is 10.3. The molecule has 0 unspecified atom stereocenters. The van der Waals surface area contributed by atoms with E-state index in [1.165, 1.54) is 25.7 Å². The molecule has 0 fully saturated rings. The van der Waals surface area contributed by atoms with E-state index in [9.17, 15) is 4.79 Å². The minimum Gasteiger partial charge on any atom is -0.481 e. The maximum atomic E-state index is 10.3. The third-order valence-corrected chi connectivity index (χ3v) is 3.25. The van der Waals surface area contributed by atoms with Crippen LogP contribution < -0.4 is 0 Å². The van der Waals surface area contributed by atoms with Gasteiger partial charge in [-0.15, -0.1) is 0 Å². The van der Waals surface area contributed by atoms with Crippen LogP contribution in [0, 0.1) is 0 Å². The highest BCUT2D eigenvalue weighted by Crippen LogP contribution is 2.08. The first kappa shape index (κ1) is 17.0. The van der Waals surface area contributed by atoms with Gasteiger partial charge in [0.1, 0.15) is 0 Å². The molecule has 0 aromatic carbocycles. The Morgan fingerprint density at radius 2 is 1.65 bits per heavy atom. The summed E-state index contributed by atoms with van der Waals surface area (Å²) in [6.45, 7) is 2.18. The summed E-state index contributed by atoms with van der Waals surface area (Å²) in [7, 11) is 0. The zero-order valence-corrected chi connectivity index (χ0v) is 13.1. The third-order valence-electron chi connectivity index (χ3n) is 3.25. The first-order valence-electron chi connectivity index (χ1n) is 8.69. The van der Waals surface area contributed by atoms with Crippen LogP contribution in [0.3, 0.4) is 0 Å². The molecule has 0 spiro atoms. The standard InChI is InChI=1S/C18H32O2/c1-2-3-4-5-6-7-8-9-10-11-12-13-14-15-16-17-18(19)20/h6-7,9-10H,2-5,8,11-17H2,1H3,(H,19,20)/b7-6-,10-9-/i6D. The highest BCUT2D eigenvalue weighted by atomic mass is 16.4. The highest BCUT2D eigenvalue weighted by Gasteiger charge is 1.95. The van der Waals surface area contributed by atoms with E-state index in [0.717, 1.165) is 51.0 Å². The summed E-state index contributed by atoms with van der Waals surface area (Å²) in [5, 5.41) is 8.51. The molecule has 2 heteroatoms. The molecule has 1 N–H and O–H groups in total. The van der Waals surface area contributed by atoms with Gasteiger partial charge in [0, 0.05) is 6.42 Å². The second-order valence-electron chi connectivity index (χ2n) is 5.27. The molecule has 0 aliphatic heterocycles. The van der Waals surface area contributed by atoms with Crippen LogP contribution >= 0.6 is 0 Å². The Kier molecular flexibility index (Phi) is 13.6. The molecule has 0 aromatic heterocycles. The number of carboxylic acids is 1. The van der Waals surface area contributed by atoms with Gasteiger partial charge in [0.2, 0.25) is 0 Å². The van der Waals surface area contributed by atoms with Crippen LogP contribution in [0.2, 0.25) is 0 Å². The van der Waals surface area contributed by atoms with Gasteiger partial charge in [-0.3, -0.25) is 4.79 Å². The van der Waals surface area contributed by atoms with Crippen molar-refractivity contribution in [2.75, 3.05) is 0 Å². The van der Waals surface area contributed by atoms with Gasteiger partial charge in [-0.25, -0.2) is 0 Å². The molecular weight excluding hydrogens is 248 g/mol. The van der Waals surface area contributed by atoms with Crippen molar-refractivity contribution in [3.05, 3.63) is 24.3 Å². The highest BCUT2D eigenvalue weighted by molar-refractivity contribution is 5.66. The fourth-order valence-electron chi connectivity index (χ4n) is 2.01. The van der Waals surface area contributed by atoms with Crippen molar-refractivity contribution in [1.82, 2.24) is 0 Å². The van der Waals surface area contributed by atoms with E-state index in [-0.39, 0.29) is 0 Å². The van der Waals surface area contributed by atoms with E-state index in [4.69, 9.17) is 6.48 Å². The number of unbranched alkanes of at least 4 members (excludes halogenated alkanes) is 7. The quantitative estimate of drug-likeness (QED) is 0.318. The smallest absolute Gasteiger partial charge is 0.303 e. The summed E-state index contributed by atoms with van der Waals surface area (Å²) in [5.41, 5.74) is 0. The number of hydrogen-bond donors (Lipinski definition) is 1. The fourth-order valence-corrected chi connectivity index (χ4v) is 2.01. The van der Waals surface area contributed by atoms with E-state index in [2.05, 4.69) is 19.1 Å². The number of carbonyl (C=O) groups is 1. The Balaban J connectivity index is 3.36. The van der Waals surface area contributed by atoms with Gasteiger partial charge < -0.3 is 5.11 Å². The Hall–Kier alpha value is -1.05. The van der Waals surface area contributed by atoms with Crippen LogP contribution in [0.4, 0.5) is 0 Å². The normalized spacial score (nSPS) is 12.8. The molecule has 2 nitrogen and oxygen atoms in total. The van der Waals surface area contributed by atoms with Gasteiger partial charge in [0.25, 0.3) is 0 Å². The monoisotopic (exact) mass is 281 g/mol. The molecule has 0 radical (unpaired) electrons. The lowest BCUT2D eigenvalue weighted by Crippen LogP contribution is -1.93. The summed E-state index contributed by atoms with van der Waals surface area (Å²) in [5.74, 6) is -0.686. The van der Waals surface area contributed by atoms with Crippen LogP contribution in [0.15, 0.2) is 24.3 Å². The lowest BCUT2D eigenvalue weighted by atomic mass is 10.1. The Labute approximate surface area is 126 Å².